The summed E-state index contributed by atoms with van der Waals surface area (Å²) in [4.78, 5) is 16.6. The van der Waals surface area contributed by atoms with Gasteiger partial charge < -0.3 is 5.32 Å². The maximum absolute atomic E-state index is 12.5. The van der Waals surface area contributed by atoms with Crippen LogP contribution in [-0.4, -0.2) is 31.4 Å². The number of aryl methyl sites for hydroxylation is 2. The largest absolute Gasteiger partial charge is 0.324 e. The van der Waals surface area contributed by atoms with Gasteiger partial charge in [-0.2, -0.15) is 0 Å². The molecule has 8 heteroatoms. The van der Waals surface area contributed by atoms with E-state index in [0.29, 0.717) is 11.0 Å². The van der Waals surface area contributed by atoms with Crippen molar-refractivity contribution >= 4 is 39.3 Å². The number of nitrogens with zero attached hydrogens (tertiary/aromatic N) is 4. The van der Waals surface area contributed by atoms with Crippen LogP contribution < -0.4 is 5.32 Å². The van der Waals surface area contributed by atoms with Crippen LogP contribution in [0.5, 0.6) is 0 Å². The van der Waals surface area contributed by atoms with Gasteiger partial charge in [-0.25, -0.2) is 0 Å². The number of aromatic nitrogens is 4. The molecule has 0 radical (unpaired) electrons. The van der Waals surface area contributed by atoms with E-state index in [0.717, 1.165) is 21.4 Å². The molecule has 4 rings (SSSR count). The van der Waals surface area contributed by atoms with E-state index < -0.39 is 0 Å². The first-order chi connectivity index (χ1) is 15.0. The fourth-order valence-electron chi connectivity index (χ4n) is 3.03. The molecule has 2 heterocycles. The van der Waals surface area contributed by atoms with Gasteiger partial charge in [0.05, 0.1) is 17.1 Å². The Labute approximate surface area is 193 Å². The van der Waals surface area contributed by atoms with Crippen LogP contribution in [-0.2, 0) is 4.79 Å². The van der Waals surface area contributed by atoms with E-state index in [2.05, 4.69) is 62.4 Å². The second-order valence-corrected chi connectivity index (χ2v) is 8.76. The summed E-state index contributed by atoms with van der Waals surface area (Å²) >= 11 is 4.80. The Balaban J connectivity index is 1.63. The van der Waals surface area contributed by atoms with E-state index >= 15 is 0 Å². The van der Waals surface area contributed by atoms with Crippen LogP contribution in [0.25, 0.3) is 17.1 Å². The molecule has 4 aromatic rings. The smallest absolute Gasteiger partial charge is 0.234 e. The maximum atomic E-state index is 12.5. The molecule has 0 aliphatic rings. The van der Waals surface area contributed by atoms with Crippen LogP contribution in [0.2, 0.25) is 0 Å². The van der Waals surface area contributed by atoms with Crippen LogP contribution in [0, 0.1) is 13.8 Å². The van der Waals surface area contributed by atoms with Gasteiger partial charge in [-0.15, -0.1) is 10.2 Å². The standard InChI is InChI=1S/C23H20BrN5OS/c1-15-7-8-18(13-16(15)2)29-22(17-9-11-25-12-10-17)27-28-23(29)31-14-21(30)26-20-6-4-3-5-19(20)24/h3-13H,14H2,1-2H3,(H,26,30). The van der Waals surface area contributed by atoms with Crippen LogP contribution in [0.4, 0.5) is 5.69 Å². The molecule has 0 saturated carbocycles. The zero-order valence-corrected chi connectivity index (χ0v) is 19.4. The molecule has 0 fully saturated rings. The SMILES string of the molecule is Cc1ccc(-n2c(SCC(=O)Nc3ccccc3Br)nnc2-c2ccncc2)cc1C. The predicted molar refractivity (Wildman–Crippen MR) is 128 cm³/mol. The third-order valence-corrected chi connectivity index (χ3v) is 6.42. The molecule has 0 saturated heterocycles. The van der Waals surface area contributed by atoms with E-state index in [9.17, 15) is 4.79 Å². The highest BCUT2D eigenvalue weighted by molar-refractivity contribution is 9.10. The summed E-state index contributed by atoms with van der Waals surface area (Å²) in [5, 5.41) is 12.4. The number of anilines is 1. The first-order valence-corrected chi connectivity index (χ1v) is 11.4. The second-order valence-electron chi connectivity index (χ2n) is 6.96. The number of halogens is 1. The lowest BCUT2D eigenvalue weighted by molar-refractivity contribution is -0.113. The van der Waals surface area contributed by atoms with Gasteiger partial charge in [-0.05, 0) is 77.3 Å². The number of carbonyl (C=O) groups is 1. The van der Waals surface area contributed by atoms with Gasteiger partial charge >= 0.3 is 0 Å². The summed E-state index contributed by atoms with van der Waals surface area (Å²) in [6, 6.07) is 17.6. The highest BCUT2D eigenvalue weighted by Gasteiger charge is 2.18. The van der Waals surface area contributed by atoms with Crippen molar-refractivity contribution in [3.8, 4) is 17.1 Å². The number of hydrogen-bond acceptors (Lipinski definition) is 5. The quantitative estimate of drug-likeness (QED) is 0.362. The van der Waals surface area contributed by atoms with Gasteiger partial charge in [0.25, 0.3) is 0 Å². The Kier molecular flexibility index (Phi) is 6.48. The molecule has 0 aliphatic heterocycles. The summed E-state index contributed by atoms with van der Waals surface area (Å²) < 4.78 is 2.82. The number of nitrogens with one attached hydrogen (secondary N) is 1. The van der Waals surface area contributed by atoms with E-state index in [-0.39, 0.29) is 11.7 Å². The van der Waals surface area contributed by atoms with E-state index in [1.54, 1.807) is 12.4 Å². The summed E-state index contributed by atoms with van der Waals surface area (Å²) in [5.41, 5.74) is 4.99. The average Bonchev–Trinajstić information content (AvgIpc) is 3.20. The van der Waals surface area contributed by atoms with Crippen LogP contribution in [0.1, 0.15) is 11.1 Å². The molecule has 1 N–H and O–H groups in total. The van der Waals surface area contributed by atoms with Crippen molar-refractivity contribution in [3.05, 3.63) is 82.6 Å². The Morgan fingerprint density at radius 2 is 1.81 bits per heavy atom. The van der Waals surface area contributed by atoms with Gasteiger partial charge in [0, 0.05) is 22.4 Å². The minimum atomic E-state index is -0.114. The third kappa shape index (κ3) is 4.86. The number of thioether (sulfide) groups is 1. The number of pyridine rings is 1. The molecule has 156 valence electrons. The van der Waals surface area contributed by atoms with Gasteiger partial charge in [0.1, 0.15) is 0 Å². The lowest BCUT2D eigenvalue weighted by Gasteiger charge is -2.12. The van der Waals surface area contributed by atoms with Gasteiger partial charge in [0.2, 0.25) is 5.91 Å². The number of rotatable bonds is 6. The van der Waals surface area contributed by atoms with Crippen molar-refractivity contribution in [2.24, 2.45) is 0 Å². The molecule has 0 atom stereocenters. The molecule has 0 aliphatic carbocycles. The normalized spacial score (nSPS) is 10.8. The van der Waals surface area contributed by atoms with Crippen molar-refractivity contribution in [3.63, 3.8) is 0 Å². The zero-order chi connectivity index (χ0) is 21.8. The molecular weight excluding hydrogens is 474 g/mol. The van der Waals surface area contributed by atoms with Crippen LogP contribution >= 0.6 is 27.7 Å². The Bertz CT molecular complexity index is 1230. The molecule has 0 unspecified atom stereocenters. The first kappa shape index (κ1) is 21.3. The van der Waals surface area contributed by atoms with Gasteiger partial charge in [-0.1, -0.05) is 30.0 Å². The molecule has 2 aromatic heterocycles. The number of para-hydroxylation sites is 1. The second kappa shape index (κ2) is 9.45. The van der Waals surface area contributed by atoms with Crippen LogP contribution in [0.3, 0.4) is 0 Å². The Morgan fingerprint density at radius 1 is 1.03 bits per heavy atom. The molecule has 6 nitrogen and oxygen atoms in total. The zero-order valence-electron chi connectivity index (χ0n) is 17.0. The lowest BCUT2D eigenvalue weighted by Crippen LogP contribution is -2.15. The topological polar surface area (TPSA) is 72.7 Å². The van der Waals surface area contributed by atoms with Gasteiger partial charge in [-0.3, -0.25) is 14.3 Å². The Hall–Kier alpha value is -2.97. The molecular formula is C23H20BrN5OS. The highest BCUT2D eigenvalue weighted by Crippen LogP contribution is 2.29. The molecule has 31 heavy (non-hydrogen) atoms. The molecule has 0 spiro atoms. The molecule has 1 amide bonds. The minimum Gasteiger partial charge on any atom is -0.324 e. The summed E-state index contributed by atoms with van der Waals surface area (Å²) in [5.74, 6) is 0.803. The summed E-state index contributed by atoms with van der Waals surface area (Å²) in [6.45, 7) is 4.16. The Morgan fingerprint density at radius 3 is 2.55 bits per heavy atom. The van der Waals surface area contributed by atoms with E-state index in [1.807, 2.05) is 47.0 Å². The minimum absolute atomic E-state index is 0.114. The molecule has 2 aromatic carbocycles. The fraction of sp³-hybridized carbons (Fsp3) is 0.130. The maximum Gasteiger partial charge on any atom is 0.234 e. The predicted octanol–water partition coefficient (Wildman–Crippen LogP) is 5.44. The van der Waals surface area contributed by atoms with Crippen molar-refractivity contribution in [1.29, 1.82) is 0 Å². The fourth-order valence-corrected chi connectivity index (χ4v) is 4.16. The first-order valence-electron chi connectivity index (χ1n) is 9.63. The van der Waals surface area contributed by atoms with Crippen molar-refractivity contribution < 1.29 is 4.79 Å². The monoisotopic (exact) mass is 493 g/mol. The van der Waals surface area contributed by atoms with Crippen LogP contribution in [0.15, 0.2) is 76.6 Å². The lowest BCUT2D eigenvalue weighted by atomic mass is 10.1. The summed E-state index contributed by atoms with van der Waals surface area (Å²) in [7, 11) is 0. The highest BCUT2D eigenvalue weighted by atomic mass is 79.9. The number of benzene rings is 2. The number of hydrogen-bond donors (Lipinski definition) is 1. The van der Waals surface area contributed by atoms with Crippen molar-refractivity contribution in [2.75, 3.05) is 11.1 Å². The summed E-state index contributed by atoms with van der Waals surface area (Å²) in [6.07, 6.45) is 3.46. The van der Waals surface area contributed by atoms with Crippen molar-refractivity contribution in [2.45, 2.75) is 19.0 Å². The van der Waals surface area contributed by atoms with Crippen molar-refractivity contribution in [1.82, 2.24) is 19.7 Å². The number of amides is 1. The number of carbonyl (C=O) groups excluding carboxylic acids is 1. The van der Waals surface area contributed by atoms with E-state index in [4.69, 9.17) is 0 Å². The average molecular weight is 494 g/mol. The third-order valence-electron chi connectivity index (χ3n) is 4.80. The van der Waals surface area contributed by atoms with E-state index in [1.165, 1.54) is 22.9 Å². The molecule has 0 bridgehead atoms. The van der Waals surface area contributed by atoms with Gasteiger partial charge in [0.15, 0.2) is 11.0 Å².